The van der Waals surface area contributed by atoms with E-state index < -0.39 is 0 Å². The van der Waals surface area contributed by atoms with Crippen LogP contribution in [0.15, 0.2) is 42.5 Å². The Morgan fingerprint density at radius 1 is 1.27 bits per heavy atom. The largest absolute Gasteiger partial charge is 0.493 e. The molecule has 9 heteroatoms. The second-order valence-electron chi connectivity index (χ2n) is 7.52. The van der Waals surface area contributed by atoms with Crippen molar-refractivity contribution in [3.05, 3.63) is 70.1 Å². The number of hydrogen-bond acceptors (Lipinski definition) is 5. The van der Waals surface area contributed by atoms with Crippen molar-refractivity contribution in [2.75, 3.05) is 18.9 Å². The first-order valence-corrected chi connectivity index (χ1v) is 11.0. The van der Waals surface area contributed by atoms with Crippen LogP contribution in [0.1, 0.15) is 36.1 Å². The Morgan fingerprint density at radius 3 is 2.73 bits per heavy atom. The number of ether oxygens (including phenoxy) is 1. The van der Waals surface area contributed by atoms with Crippen LogP contribution in [0.5, 0.6) is 5.75 Å². The van der Waals surface area contributed by atoms with E-state index in [1.165, 1.54) is 16.8 Å². The molecule has 3 aromatic rings. The molecule has 2 aromatic carbocycles. The summed E-state index contributed by atoms with van der Waals surface area (Å²) in [5, 5.41) is 17.4. The predicted molar refractivity (Wildman–Crippen MR) is 125 cm³/mol. The molecule has 3 N–H and O–H groups in total. The van der Waals surface area contributed by atoms with Gasteiger partial charge < -0.3 is 15.8 Å². The van der Waals surface area contributed by atoms with Crippen LogP contribution in [0, 0.1) is 24.1 Å². The van der Waals surface area contributed by atoms with E-state index in [-0.39, 0.29) is 17.5 Å². The summed E-state index contributed by atoms with van der Waals surface area (Å²) >= 11 is 5.93. The van der Waals surface area contributed by atoms with Crippen molar-refractivity contribution in [3.8, 4) is 17.5 Å². The zero-order valence-electron chi connectivity index (χ0n) is 18.3. The van der Waals surface area contributed by atoms with Crippen LogP contribution < -0.4 is 15.8 Å². The monoisotopic (exact) mass is 469 g/mol. The van der Waals surface area contributed by atoms with Gasteiger partial charge in [-0.2, -0.15) is 10.4 Å². The van der Waals surface area contributed by atoms with Crippen LogP contribution in [0.3, 0.4) is 0 Å². The molecule has 0 fully saturated rings. The highest BCUT2D eigenvalue weighted by molar-refractivity contribution is 6.30. The molecule has 33 heavy (non-hydrogen) atoms. The van der Waals surface area contributed by atoms with Crippen LogP contribution in [-0.2, 0) is 11.2 Å². The van der Waals surface area contributed by atoms with E-state index in [9.17, 15) is 14.4 Å². The quantitative estimate of drug-likeness (QED) is 0.430. The Bertz CT molecular complexity index is 1150. The summed E-state index contributed by atoms with van der Waals surface area (Å²) in [4.78, 5) is 12.1. The van der Waals surface area contributed by atoms with E-state index in [2.05, 4.69) is 16.5 Å². The average Bonchev–Trinajstić information content (AvgIpc) is 3.11. The standard InChI is InChI=1S/C24H25ClFN5O2/c1-16-14-17(25)6-11-22(16)33-13-3-5-23(32)29-12-2-4-21-20(15-27)24(28)31(30-21)19-9-7-18(26)8-10-19/h6-11,14H,2-5,12-13,28H2,1H3,(H,29,32). The fraction of sp³-hybridized carbons (Fsp3) is 0.292. The van der Waals surface area contributed by atoms with Gasteiger partial charge in [0.05, 0.1) is 18.0 Å². The number of hydrogen-bond donors (Lipinski definition) is 2. The van der Waals surface area contributed by atoms with Gasteiger partial charge >= 0.3 is 0 Å². The molecule has 1 heterocycles. The summed E-state index contributed by atoms with van der Waals surface area (Å²) in [5.74, 6) is 0.530. The Hall–Kier alpha value is -3.57. The van der Waals surface area contributed by atoms with Crippen LogP contribution in [0.25, 0.3) is 5.69 Å². The van der Waals surface area contributed by atoms with E-state index in [0.717, 1.165) is 11.3 Å². The minimum absolute atomic E-state index is 0.0664. The van der Waals surface area contributed by atoms with Gasteiger partial charge in [0, 0.05) is 18.0 Å². The van der Waals surface area contributed by atoms with Gasteiger partial charge in [-0.1, -0.05) is 11.6 Å². The number of nitrogens with one attached hydrogen (secondary N) is 1. The minimum Gasteiger partial charge on any atom is -0.493 e. The minimum atomic E-state index is -0.368. The molecule has 1 amide bonds. The molecule has 0 atom stereocenters. The maximum atomic E-state index is 13.2. The number of nitriles is 1. The number of halogens is 2. The van der Waals surface area contributed by atoms with Crippen LogP contribution in [0.4, 0.5) is 10.2 Å². The third-order valence-corrected chi connectivity index (χ3v) is 5.27. The van der Waals surface area contributed by atoms with E-state index in [1.54, 1.807) is 18.2 Å². The molecule has 0 aliphatic rings. The summed E-state index contributed by atoms with van der Waals surface area (Å²) < 4.78 is 20.3. The predicted octanol–water partition coefficient (Wildman–Crippen LogP) is 4.34. The van der Waals surface area contributed by atoms with Crippen LogP contribution in [0.2, 0.25) is 5.02 Å². The smallest absolute Gasteiger partial charge is 0.220 e. The zero-order valence-corrected chi connectivity index (χ0v) is 19.0. The van der Waals surface area contributed by atoms with Crippen molar-refractivity contribution in [1.82, 2.24) is 15.1 Å². The first-order chi connectivity index (χ1) is 15.9. The second kappa shape index (κ2) is 11.3. The molecule has 0 aliphatic heterocycles. The maximum absolute atomic E-state index is 13.2. The van der Waals surface area contributed by atoms with Gasteiger partial charge in [0.15, 0.2) is 0 Å². The highest BCUT2D eigenvalue weighted by Crippen LogP contribution is 2.23. The lowest BCUT2D eigenvalue weighted by Gasteiger charge is -2.09. The Kier molecular flexibility index (Phi) is 8.28. The number of nitrogen functional groups attached to an aromatic ring is 1. The lowest BCUT2D eigenvalue weighted by Crippen LogP contribution is -2.25. The molecule has 0 radical (unpaired) electrons. The normalized spacial score (nSPS) is 10.6. The van der Waals surface area contributed by atoms with Crippen molar-refractivity contribution in [3.63, 3.8) is 0 Å². The fourth-order valence-corrected chi connectivity index (χ4v) is 3.54. The number of anilines is 1. The number of aromatic nitrogens is 2. The molecular formula is C24H25ClFN5O2. The summed E-state index contributed by atoms with van der Waals surface area (Å²) in [5.41, 5.74) is 8.41. The molecule has 0 spiro atoms. The van der Waals surface area contributed by atoms with Gasteiger partial charge in [-0.15, -0.1) is 0 Å². The SMILES string of the molecule is Cc1cc(Cl)ccc1OCCCC(=O)NCCCc1nn(-c2ccc(F)cc2)c(N)c1C#N. The number of benzene rings is 2. The number of rotatable bonds is 10. The summed E-state index contributed by atoms with van der Waals surface area (Å²) in [6, 6.07) is 13.2. The molecular weight excluding hydrogens is 445 g/mol. The average molecular weight is 470 g/mol. The Labute approximate surface area is 196 Å². The third kappa shape index (κ3) is 6.46. The number of amides is 1. The highest BCUT2D eigenvalue weighted by Gasteiger charge is 2.16. The highest BCUT2D eigenvalue weighted by atomic mass is 35.5. The molecule has 1 aromatic heterocycles. The molecule has 3 rings (SSSR count). The molecule has 7 nitrogen and oxygen atoms in total. The van der Waals surface area contributed by atoms with Gasteiger partial charge in [0.2, 0.25) is 5.91 Å². The maximum Gasteiger partial charge on any atom is 0.220 e. The fourth-order valence-electron chi connectivity index (χ4n) is 3.32. The molecule has 0 aliphatic carbocycles. The van der Waals surface area contributed by atoms with Gasteiger partial charge in [-0.05, 0) is 74.2 Å². The summed E-state index contributed by atoms with van der Waals surface area (Å²) in [7, 11) is 0. The summed E-state index contributed by atoms with van der Waals surface area (Å²) in [6.07, 6.45) is 2.01. The lowest BCUT2D eigenvalue weighted by molar-refractivity contribution is -0.121. The molecule has 0 saturated carbocycles. The summed E-state index contributed by atoms with van der Waals surface area (Å²) in [6.45, 7) is 2.80. The van der Waals surface area contributed by atoms with Gasteiger partial charge in [-0.25, -0.2) is 9.07 Å². The number of carbonyl (C=O) groups excluding carboxylic acids is 1. The van der Waals surface area contributed by atoms with Crippen molar-refractivity contribution in [2.45, 2.75) is 32.6 Å². The number of nitrogens with two attached hydrogens (primary N) is 1. The van der Waals surface area contributed by atoms with Gasteiger partial charge in [0.1, 0.15) is 29.0 Å². The number of nitrogens with zero attached hydrogens (tertiary/aromatic N) is 3. The topological polar surface area (TPSA) is 106 Å². The van der Waals surface area contributed by atoms with Gasteiger partial charge in [0.25, 0.3) is 0 Å². The lowest BCUT2D eigenvalue weighted by atomic mass is 10.1. The third-order valence-electron chi connectivity index (χ3n) is 5.03. The van der Waals surface area contributed by atoms with Crippen molar-refractivity contribution < 1.29 is 13.9 Å². The van der Waals surface area contributed by atoms with Crippen LogP contribution in [-0.4, -0.2) is 28.8 Å². The van der Waals surface area contributed by atoms with E-state index in [1.807, 2.05) is 19.1 Å². The first kappa shape index (κ1) is 24.1. The van der Waals surface area contributed by atoms with E-state index in [0.29, 0.717) is 60.8 Å². The second-order valence-corrected chi connectivity index (χ2v) is 7.96. The van der Waals surface area contributed by atoms with E-state index in [4.69, 9.17) is 22.1 Å². The Morgan fingerprint density at radius 2 is 2.03 bits per heavy atom. The molecule has 0 unspecified atom stereocenters. The van der Waals surface area contributed by atoms with E-state index >= 15 is 0 Å². The van der Waals surface area contributed by atoms with Crippen molar-refractivity contribution in [1.29, 1.82) is 5.26 Å². The first-order valence-electron chi connectivity index (χ1n) is 10.6. The number of aryl methyl sites for hydroxylation is 2. The molecule has 172 valence electrons. The van der Waals surface area contributed by atoms with Gasteiger partial charge in [-0.3, -0.25) is 4.79 Å². The molecule has 0 saturated heterocycles. The Balaban J connectivity index is 1.42. The van der Waals surface area contributed by atoms with Crippen LogP contribution >= 0.6 is 11.6 Å². The van der Waals surface area contributed by atoms with Crippen molar-refractivity contribution in [2.24, 2.45) is 0 Å². The number of carbonyl (C=O) groups is 1. The zero-order chi connectivity index (χ0) is 23.8. The van der Waals surface area contributed by atoms with Crippen molar-refractivity contribution >= 4 is 23.3 Å². The molecule has 0 bridgehead atoms.